The van der Waals surface area contributed by atoms with E-state index in [0.717, 1.165) is 6.07 Å². The van der Waals surface area contributed by atoms with Crippen LogP contribution in [0.15, 0.2) is 18.2 Å². The molecule has 0 unspecified atom stereocenters. The van der Waals surface area contributed by atoms with Crippen molar-refractivity contribution in [1.82, 2.24) is 5.32 Å². The first-order chi connectivity index (χ1) is 7.84. The van der Waals surface area contributed by atoms with Crippen LogP contribution in [0.25, 0.3) is 0 Å². The highest BCUT2D eigenvalue weighted by Crippen LogP contribution is 2.22. The molecule has 0 aliphatic carbocycles. The van der Waals surface area contributed by atoms with E-state index in [4.69, 9.17) is 5.73 Å². The van der Waals surface area contributed by atoms with Gasteiger partial charge in [-0.25, -0.2) is 13.2 Å². The average molecular weight is 254 g/mol. The minimum absolute atomic E-state index is 0.180. The molecule has 0 saturated carbocycles. The van der Waals surface area contributed by atoms with Gasteiger partial charge in [-0.2, -0.15) is 8.78 Å². The summed E-state index contributed by atoms with van der Waals surface area (Å²) in [5.41, 5.74) is 5.41. The maximum atomic E-state index is 12.9. The van der Waals surface area contributed by atoms with Gasteiger partial charge in [-0.3, -0.25) is 0 Å². The van der Waals surface area contributed by atoms with E-state index in [1.165, 1.54) is 12.1 Å². The summed E-state index contributed by atoms with van der Waals surface area (Å²) in [6.45, 7) is -1.40. The maximum Gasteiger partial charge on any atom is 0.319 e. The fourth-order valence-electron chi connectivity index (χ4n) is 1.18. The summed E-state index contributed by atoms with van der Waals surface area (Å²) < 4.78 is 61.6. The summed E-state index contributed by atoms with van der Waals surface area (Å²) in [6, 6.07) is 3.90. The van der Waals surface area contributed by atoms with Crippen LogP contribution in [0.1, 0.15) is 5.56 Å². The number of anilines is 1. The van der Waals surface area contributed by atoms with Gasteiger partial charge < -0.3 is 11.1 Å². The molecule has 1 aromatic carbocycles. The number of alkyl halides is 4. The zero-order chi connectivity index (χ0) is 13.1. The van der Waals surface area contributed by atoms with Gasteiger partial charge in [-0.15, -0.1) is 0 Å². The summed E-state index contributed by atoms with van der Waals surface area (Å²) in [4.78, 5) is 0. The smallest absolute Gasteiger partial charge is 0.319 e. The topological polar surface area (TPSA) is 38.0 Å². The van der Waals surface area contributed by atoms with Crippen LogP contribution in [0.2, 0.25) is 0 Å². The minimum atomic E-state index is -4.11. The molecule has 17 heavy (non-hydrogen) atoms. The van der Waals surface area contributed by atoms with Crippen molar-refractivity contribution >= 4 is 5.69 Å². The molecule has 0 aliphatic rings. The number of nitrogens with two attached hydrogens (primary N) is 1. The summed E-state index contributed by atoms with van der Waals surface area (Å²) in [7, 11) is 0. The molecule has 96 valence electrons. The van der Waals surface area contributed by atoms with Gasteiger partial charge in [-0.1, -0.05) is 12.1 Å². The second kappa shape index (κ2) is 5.31. The van der Waals surface area contributed by atoms with E-state index in [1.54, 1.807) is 0 Å². The van der Waals surface area contributed by atoms with Crippen molar-refractivity contribution < 1.29 is 22.0 Å². The van der Waals surface area contributed by atoms with Crippen LogP contribution in [0.5, 0.6) is 0 Å². The summed E-state index contributed by atoms with van der Waals surface area (Å²) in [5, 5.41) is 2.11. The van der Waals surface area contributed by atoms with Crippen molar-refractivity contribution in [1.29, 1.82) is 0 Å². The van der Waals surface area contributed by atoms with Gasteiger partial charge in [0.1, 0.15) is 5.82 Å². The maximum absolute atomic E-state index is 12.9. The molecule has 0 heterocycles. The summed E-state index contributed by atoms with van der Waals surface area (Å²) in [5.74, 6) is -4.79. The third-order valence-corrected chi connectivity index (χ3v) is 2.14. The molecular weight excluding hydrogens is 243 g/mol. The van der Waals surface area contributed by atoms with Crippen molar-refractivity contribution in [2.75, 3.05) is 12.3 Å². The van der Waals surface area contributed by atoms with Gasteiger partial charge in [0.15, 0.2) is 0 Å². The van der Waals surface area contributed by atoms with E-state index < -0.39 is 24.7 Å². The number of hydrogen-bond donors (Lipinski definition) is 2. The standard InChI is InChI=1S/C10H11F5N2/c11-7-3-1-2-6(8(7)16)4-17-5-10(14,15)9(12)13/h1-3,9,17H,4-5,16H2. The van der Waals surface area contributed by atoms with Crippen LogP contribution in [0.3, 0.4) is 0 Å². The Morgan fingerprint density at radius 2 is 1.94 bits per heavy atom. The van der Waals surface area contributed by atoms with E-state index in [1.807, 2.05) is 0 Å². The normalized spacial score (nSPS) is 12.1. The molecule has 0 fully saturated rings. The van der Waals surface area contributed by atoms with Gasteiger partial charge in [-0.05, 0) is 11.6 Å². The fraction of sp³-hybridized carbons (Fsp3) is 0.400. The molecule has 0 aliphatic heterocycles. The Morgan fingerprint density at radius 3 is 2.53 bits per heavy atom. The van der Waals surface area contributed by atoms with E-state index in [2.05, 4.69) is 5.32 Å². The van der Waals surface area contributed by atoms with Crippen LogP contribution in [-0.4, -0.2) is 18.9 Å². The Labute approximate surface area is 94.6 Å². The number of hydrogen-bond acceptors (Lipinski definition) is 2. The zero-order valence-electron chi connectivity index (χ0n) is 8.69. The lowest BCUT2D eigenvalue weighted by atomic mass is 10.1. The van der Waals surface area contributed by atoms with Gasteiger partial charge in [0, 0.05) is 6.54 Å². The SMILES string of the molecule is Nc1c(F)cccc1CNCC(F)(F)C(F)F. The van der Waals surface area contributed by atoms with Crippen molar-refractivity contribution in [3.63, 3.8) is 0 Å². The number of para-hydroxylation sites is 1. The number of halogens is 5. The van der Waals surface area contributed by atoms with Crippen LogP contribution >= 0.6 is 0 Å². The first-order valence-corrected chi connectivity index (χ1v) is 4.74. The van der Waals surface area contributed by atoms with E-state index in [9.17, 15) is 22.0 Å². The highest BCUT2D eigenvalue weighted by Gasteiger charge is 2.39. The first kappa shape index (κ1) is 13.7. The van der Waals surface area contributed by atoms with E-state index in [0.29, 0.717) is 0 Å². The largest absolute Gasteiger partial charge is 0.396 e. The average Bonchev–Trinajstić information content (AvgIpc) is 2.24. The number of nitrogens with one attached hydrogen (secondary N) is 1. The summed E-state index contributed by atoms with van der Waals surface area (Å²) in [6.07, 6.45) is -3.74. The van der Waals surface area contributed by atoms with Crippen LogP contribution in [0.4, 0.5) is 27.6 Å². The molecule has 0 aromatic heterocycles. The molecule has 0 radical (unpaired) electrons. The van der Waals surface area contributed by atoms with Crippen molar-refractivity contribution in [2.24, 2.45) is 0 Å². The molecule has 1 rings (SSSR count). The predicted molar refractivity (Wildman–Crippen MR) is 53.5 cm³/mol. The van der Waals surface area contributed by atoms with E-state index in [-0.39, 0.29) is 17.8 Å². The van der Waals surface area contributed by atoms with Crippen molar-refractivity contribution in [3.8, 4) is 0 Å². The first-order valence-electron chi connectivity index (χ1n) is 4.74. The molecular formula is C10H11F5N2. The third kappa shape index (κ3) is 3.55. The third-order valence-electron chi connectivity index (χ3n) is 2.14. The Balaban J connectivity index is 2.55. The Hall–Kier alpha value is -1.37. The molecule has 0 bridgehead atoms. The molecule has 7 heteroatoms. The second-order valence-corrected chi connectivity index (χ2v) is 3.48. The van der Waals surface area contributed by atoms with E-state index >= 15 is 0 Å². The van der Waals surface area contributed by atoms with Gasteiger partial charge >= 0.3 is 12.3 Å². The molecule has 0 saturated heterocycles. The van der Waals surface area contributed by atoms with Crippen LogP contribution in [-0.2, 0) is 6.54 Å². The Kier molecular flexibility index (Phi) is 4.28. The monoisotopic (exact) mass is 254 g/mol. The van der Waals surface area contributed by atoms with Gasteiger partial charge in [0.05, 0.1) is 12.2 Å². The fourth-order valence-corrected chi connectivity index (χ4v) is 1.18. The lowest BCUT2D eigenvalue weighted by Crippen LogP contribution is -2.38. The van der Waals surface area contributed by atoms with Crippen molar-refractivity contribution in [2.45, 2.75) is 18.9 Å². The van der Waals surface area contributed by atoms with Crippen molar-refractivity contribution in [3.05, 3.63) is 29.6 Å². The van der Waals surface area contributed by atoms with Gasteiger partial charge in [0.2, 0.25) is 0 Å². The lowest BCUT2D eigenvalue weighted by molar-refractivity contribution is -0.125. The Bertz CT molecular complexity index is 381. The molecule has 0 spiro atoms. The molecule has 3 N–H and O–H groups in total. The Morgan fingerprint density at radius 1 is 1.29 bits per heavy atom. The number of rotatable bonds is 5. The minimum Gasteiger partial charge on any atom is -0.396 e. The van der Waals surface area contributed by atoms with Crippen LogP contribution in [0, 0.1) is 5.82 Å². The zero-order valence-corrected chi connectivity index (χ0v) is 8.69. The quantitative estimate of drug-likeness (QED) is 0.625. The molecule has 0 atom stereocenters. The summed E-state index contributed by atoms with van der Waals surface area (Å²) >= 11 is 0. The van der Waals surface area contributed by atoms with Gasteiger partial charge in [0.25, 0.3) is 0 Å². The molecule has 1 aromatic rings. The molecule has 2 nitrogen and oxygen atoms in total. The second-order valence-electron chi connectivity index (χ2n) is 3.48. The number of nitrogen functional groups attached to an aromatic ring is 1. The van der Waals surface area contributed by atoms with Crippen LogP contribution < -0.4 is 11.1 Å². The highest BCUT2D eigenvalue weighted by molar-refractivity contribution is 5.47. The highest BCUT2D eigenvalue weighted by atomic mass is 19.3. The number of benzene rings is 1. The lowest BCUT2D eigenvalue weighted by Gasteiger charge is -2.16. The predicted octanol–water partition coefficient (Wildman–Crippen LogP) is 2.40. The molecule has 0 amide bonds.